The summed E-state index contributed by atoms with van der Waals surface area (Å²) >= 11 is 0. The molecule has 1 aromatic rings. The Balaban J connectivity index is 2.01. The van der Waals surface area contributed by atoms with E-state index in [4.69, 9.17) is 5.84 Å². The molecule has 82 valence electrons. The first-order chi connectivity index (χ1) is 7.62. The summed E-state index contributed by atoms with van der Waals surface area (Å²) in [5, 5.41) is 3.36. The van der Waals surface area contributed by atoms with E-state index in [1.807, 2.05) is 24.3 Å². The van der Waals surface area contributed by atoms with E-state index in [1.165, 1.54) is 0 Å². The molecule has 3 N–H and O–H groups in total. The number of hydrazine groups is 1. The monoisotopic (exact) mass is 217 g/mol. The van der Waals surface area contributed by atoms with E-state index >= 15 is 0 Å². The molecule has 0 radical (unpaired) electrons. The molecule has 1 saturated heterocycles. The predicted octanol–water partition coefficient (Wildman–Crippen LogP) is -0.0505. The standard InChI is InChI=1S/C11H11N3O2/c12-14-9(15)11(13-10(14)16)5-7-3-1-2-4-8(7)6-11/h1-4H,5-6,12H2,(H,13,16). The highest BCUT2D eigenvalue weighted by Crippen LogP contribution is 2.33. The Kier molecular flexibility index (Phi) is 1.65. The summed E-state index contributed by atoms with van der Waals surface area (Å²) in [4.78, 5) is 23.3. The molecular formula is C11H11N3O2. The second-order valence-corrected chi connectivity index (χ2v) is 4.31. The number of nitrogens with two attached hydrogens (primary N) is 1. The van der Waals surface area contributed by atoms with Gasteiger partial charge in [0.1, 0.15) is 5.54 Å². The molecule has 0 aromatic heterocycles. The van der Waals surface area contributed by atoms with Crippen LogP contribution in [0.5, 0.6) is 0 Å². The van der Waals surface area contributed by atoms with E-state index in [0.717, 1.165) is 11.1 Å². The molecule has 5 heteroatoms. The average Bonchev–Trinajstić information content (AvgIpc) is 2.73. The summed E-state index contributed by atoms with van der Waals surface area (Å²) in [6.07, 6.45) is 1.06. The third-order valence-electron chi connectivity index (χ3n) is 3.30. The number of hydrogen-bond donors (Lipinski definition) is 2. The van der Waals surface area contributed by atoms with Crippen molar-refractivity contribution in [1.29, 1.82) is 0 Å². The Morgan fingerprint density at radius 2 is 1.75 bits per heavy atom. The zero-order chi connectivity index (χ0) is 11.3. The number of carbonyl (C=O) groups excluding carboxylic acids is 2. The Hall–Kier alpha value is -1.88. The van der Waals surface area contributed by atoms with Crippen molar-refractivity contribution in [2.45, 2.75) is 18.4 Å². The Morgan fingerprint density at radius 1 is 1.19 bits per heavy atom. The van der Waals surface area contributed by atoms with Crippen LogP contribution in [-0.2, 0) is 17.6 Å². The van der Waals surface area contributed by atoms with Crippen molar-refractivity contribution in [2.24, 2.45) is 5.84 Å². The van der Waals surface area contributed by atoms with Crippen molar-refractivity contribution in [1.82, 2.24) is 10.3 Å². The fourth-order valence-electron chi connectivity index (χ4n) is 2.50. The molecule has 0 bridgehead atoms. The Morgan fingerprint density at radius 3 is 2.19 bits per heavy atom. The number of benzene rings is 1. The minimum absolute atomic E-state index is 0.339. The number of imide groups is 1. The summed E-state index contributed by atoms with van der Waals surface area (Å²) in [7, 11) is 0. The smallest absolute Gasteiger partial charge is 0.321 e. The van der Waals surface area contributed by atoms with E-state index < -0.39 is 11.6 Å². The van der Waals surface area contributed by atoms with Crippen LogP contribution in [0.3, 0.4) is 0 Å². The molecule has 0 saturated carbocycles. The van der Waals surface area contributed by atoms with Crippen LogP contribution in [0.1, 0.15) is 11.1 Å². The molecule has 1 aromatic carbocycles. The van der Waals surface area contributed by atoms with Gasteiger partial charge in [-0.2, -0.15) is 5.01 Å². The Labute approximate surface area is 92.2 Å². The Bertz CT molecular complexity index is 473. The number of carbonyl (C=O) groups is 2. The van der Waals surface area contributed by atoms with Crippen LogP contribution in [-0.4, -0.2) is 22.5 Å². The number of fused-ring (bicyclic) bond motifs is 1. The number of rotatable bonds is 0. The number of hydrogen-bond acceptors (Lipinski definition) is 3. The first kappa shape index (κ1) is 9.35. The van der Waals surface area contributed by atoms with Gasteiger partial charge in [-0.1, -0.05) is 24.3 Å². The van der Waals surface area contributed by atoms with E-state index in [2.05, 4.69) is 5.32 Å². The lowest BCUT2D eigenvalue weighted by Crippen LogP contribution is -2.48. The summed E-state index contributed by atoms with van der Waals surface area (Å²) < 4.78 is 0. The van der Waals surface area contributed by atoms with Gasteiger partial charge in [0, 0.05) is 12.8 Å². The van der Waals surface area contributed by atoms with Crippen molar-refractivity contribution in [3.63, 3.8) is 0 Å². The van der Waals surface area contributed by atoms with Crippen molar-refractivity contribution in [2.75, 3.05) is 0 Å². The molecule has 1 heterocycles. The van der Waals surface area contributed by atoms with Crippen molar-refractivity contribution < 1.29 is 9.59 Å². The van der Waals surface area contributed by atoms with Gasteiger partial charge in [-0.15, -0.1) is 0 Å². The molecule has 1 aliphatic heterocycles. The van der Waals surface area contributed by atoms with Crippen LogP contribution < -0.4 is 11.2 Å². The van der Waals surface area contributed by atoms with E-state index in [-0.39, 0.29) is 5.91 Å². The van der Waals surface area contributed by atoms with Gasteiger partial charge in [-0.05, 0) is 11.1 Å². The summed E-state index contributed by atoms with van der Waals surface area (Å²) in [5.74, 6) is 5.04. The van der Waals surface area contributed by atoms with Gasteiger partial charge in [0.25, 0.3) is 5.91 Å². The van der Waals surface area contributed by atoms with Gasteiger partial charge in [0.15, 0.2) is 0 Å². The molecule has 2 aliphatic rings. The first-order valence-corrected chi connectivity index (χ1v) is 5.11. The molecule has 1 fully saturated rings. The summed E-state index contributed by atoms with van der Waals surface area (Å²) in [6, 6.07) is 7.29. The van der Waals surface area contributed by atoms with Gasteiger partial charge >= 0.3 is 6.03 Å². The van der Waals surface area contributed by atoms with Crippen LogP contribution in [0.15, 0.2) is 24.3 Å². The van der Waals surface area contributed by atoms with Gasteiger partial charge in [-0.3, -0.25) is 4.79 Å². The second kappa shape index (κ2) is 2.82. The fourth-order valence-corrected chi connectivity index (χ4v) is 2.50. The van der Waals surface area contributed by atoms with Crippen molar-refractivity contribution in [3.05, 3.63) is 35.4 Å². The topological polar surface area (TPSA) is 75.4 Å². The number of nitrogens with zero attached hydrogens (tertiary/aromatic N) is 1. The molecule has 3 rings (SSSR count). The summed E-state index contributed by atoms with van der Waals surface area (Å²) in [5.41, 5.74) is 1.37. The van der Waals surface area contributed by atoms with Crippen molar-refractivity contribution >= 4 is 11.9 Å². The minimum Gasteiger partial charge on any atom is -0.321 e. The molecule has 0 atom stereocenters. The number of amides is 3. The lowest BCUT2D eigenvalue weighted by atomic mass is 9.96. The van der Waals surface area contributed by atoms with E-state index in [1.54, 1.807) is 0 Å². The lowest BCUT2D eigenvalue weighted by Gasteiger charge is -2.18. The average molecular weight is 217 g/mol. The van der Waals surface area contributed by atoms with Gasteiger partial charge < -0.3 is 5.32 Å². The lowest BCUT2D eigenvalue weighted by molar-refractivity contribution is -0.131. The largest absolute Gasteiger partial charge is 0.339 e. The maximum atomic E-state index is 11.9. The maximum Gasteiger partial charge on any atom is 0.339 e. The quantitative estimate of drug-likeness (QED) is 0.363. The van der Waals surface area contributed by atoms with E-state index in [0.29, 0.717) is 17.9 Å². The third kappa shape index (κ3) is 1.03. The van der Waals surface area contributed by atoms with Crippen LogP contribution >= 0.6 is 0 Å². The van der Waals surface area contributed by atoms with Gasteiger partial charge in [0.05, 0.1) is 0 Å². The van der Waals surface area contributed by atoms with Crippen LogP contribution in [0, 0.1) is 0 Å². The third-order valence-corrected chi connectivity index (χ3v) is 3.30. The predicted molar refractivity (Wildman–Crippen MR) is 56.1 cm³/mol. The fraction of sp³-hybridized carbons (Fsp3) is 0.273. The van der Waals surface area contributed by atoms with Crippen LogP contribution in [0.2, 0.25) is 0 Å². The second-order valence-electron chi connectivity index (χ2n) is 4.31. The van der Waals surface area contributed by atoms with Crippen LogP contribution in [0.25, 0.3) is 0 Å². The first-order valence-electron chi connectivity index (χ1n) is 5.11. The molecule has 3 amide bonds. The van der Waals surface area contributed by atoms with Gasteiger partial charge in [0.2, 0.25) is 0 Å². The minimum atomic E-state index is -0.838. The molecule has 1 spiro atoms. The highest BCUT2D eigenvalue weighted by molar-refractivity contribution is 6.07. The van der Waals surface area contributed by atoms with E-state index in [9.17, 15) is 9.59 Å². The highest BCUT2D eigenvalue weighted by Gasteiger charge is 2.53. The number of nitrogens with one attached hydrogen (secondary N) is 1. The number of urea groups is 1. The van der Waals surface area contributed by atoms with Crippen LogP contribution in [0.4, 0.5) is 4.79 Å². The normalized spacial score (nSPS) is 21.4. The zero-order valence-electron chi connectivity index (χ0n) is 8.56. The van der Waals surface area contributed by atoms with Gasteiger partial charge in [-0.25, -0.2) is 10.6 Å². The van der Waals surface area contributed by atoms with Crippen molar-refractivity contribution in [3.8, 4) is 0 Å². The maximum absolute atomic E-state index is 11.9. The highest BCUT2D eigenvalue weighted by atomic mass is 16.2. The molecule has 5 nitrogen and oxygen atoms in total. The molecule has 1 aliphatic carbocycles. The zero-order valence-corrected chi connectivity index (χ0v) is 8.56. The SMILES string of the molecule is NN1C(=O)NC2(Cc3ccccc3C2)C1=O. The molecule has 0 unspecified atom stereocenters. The molecule has 16 heavy (non-hydrogen) atoms. The molecular weight excluding hydrogens is 206 g/mol. The summed E-state index contributed by atoms with van der Waals surface area (Å²) in [6.45, 7) is 0.